The second kappa shape index (κ2) is 9.59. The number of nitro groups is 1. The number of carbonyl (C=O) groups excluding carboxylic acids is 3. The summed E-state index contributed by atoms with van der Waals surface area (Å²) in [5, 5.41) is 11.6. The summed E-state index contributed by atoms with van der Waals surface area (Å²) < 4.78 is 6.76. The largest absolute Gasteiger partial charge is 0.466 e. The standard InChI is InChI=1S/C21H26N4O6/c1-3-31-21(28)16-5-4-9-24(12-16)20(27)13-22(2)19(26)14-23-10-8-15-11-17(25(29)30)6-7-18(15)23/h6-8,10-11,16H,3-5,9,12-14H2,1-2H3. The molecule has 1 saturated heterocycles. The lowest BCUT2D eigenvalue weighted by molar-refractivity contribution is -0.384. The third kappa shape index (κ3) is 5.19. The van der Waals surface area contributed by atoms with Gasteiger partial charge in [-0.05, 0) is 31.9 Å². The van der Waals surface area contributed by atoms with Crippen LogP contribution in [0, 0.1) is 16.0 Å². The van der Waals surface area contributed by atoms with Gasteiger partial charge in [0.1, 0.15) is 6.54 Å². The number of carbonyl (C=O) groups is 3. The highest BCUT2D eigenvalue weighted by Gasteiger charge is 2.30. The Morgan fingerprint density at radius 2 is 2.06 bits per heavy atom. The number of likely N-dealkylation sites (N-methyl/N-ethyl adjacent to an activating group) is 1. The van der Waals surface area contributed by atoms with Crippen LogP contribution in [0.5, 0.6) is 0 Å². The maximum atomic E-state index is 12.7. The van der Waals surface area contributed by atoms with Gasteiger partial charge in [0, 0.05) is 49.4 Å². The Morgan fingerprint density at radius 3 is 2.77 bits per heavy atom. The van der Waals surface area contributed by atoms with Crippen LogP contribution in [0.25, 0.3) is 10.9 Å². The van der Waals surface area contributed by atoms with Crippen molar-refractivity contribution in [3.8, 4) is 0 Å². The number of aromatic nitrogens is 1. The molecule has 10 heteroatoms. The Hall–Kier alpha value is -3.43. The zero-order chi connectivity index (χ0) is 22.5. The normalized spacial score (nSPS) is 16.2. The van der Waals surface area contributed by atoms with Gasteiger partial charge in [0.25, 0.3) is 5.69 Å². The van der Waals surface area contributed by atoms with Crippen LogP contribution in [0.1, 0.15) is 19.8 Å². The molecule has 2 amide bonds. The third-order valence-electron chi connectivity index (χ3n) is 5.46. The van der Waals surface area contributed by atoms with Crippen molar-refractivity contribution in [2.75, 3.05) is 33.3 Å². The van der Waals surface area contributed by atoms with E-state index in [1.54, 1.807) is 41.8 Å². The van der Waals surface area contributed by atoms with Crippen LogP contribution in [-0.2, 0) is 25.7 Å². The summed E-state index contributed by atoms with van der Waals surface area (Å²) in [5.41, 5.74) is 0.689. The molecule has 1 atom stereocenters. The van der Waals surface area contributed by atoms with Gasteiger partial charge in [0.15, 0.2) is 0 Å². The van der Waals surface area contributed by atoms with Crippen LogP contribution in [-0.4, -0.2) is 70.4 Å². The molecule has 31 heavy (non-hydrogen) atoms. The van der Waals surface area contributed by atoms with Crippen LogP contribution in [0.4, 0.5) is 5.69 Å². The number of hydrogen-bond donors (Lipinski definition) is 0. The molecular weight excluding hydrogens is 404 g/mol. The minimum Gasteiger partial charge on any atom is -0.466 e. The molecule has 0 bridgehead atoms. The Morgan fingerprint density at radius 1 is 1.29 bits per heavy atom. The summed E-state index contributed by atoms with van der Waals surface area (Å²) in [6.45, 7) is 2.84. The molecular formula is C21H26N4O6. The number of esters is 1. The van der Waals surface area contributed by atoms with E-state index in [1.165, 1.54) is 17.0 Å². The van der Waals surface area contributed by atoms with E-state index >= 15 is 0 Å². The molecule has 0 N–H and O–H groups in total. The molecule has 0 radical (unpaired) electrons. The van der Waals surface area contributed by atoms with E-state index in [-0.39, 0.29) is 42.5 Å². The Balaban J connectivity index is 1.59. The van der Waals surface area contributed by atoms with Crippen molar-refractivity contribution in [1.82, 2.24) is 14.4 Å². The number of amides is 2. The number of rotatable bonds is 7. The zero-order valence-electron chi connectivity index (χ0n) is 17.7. The molecule has 1 unspecified atom stereocenters. The van der Waals surface area contributed by atoms with Gasteiger partial charge in [-0.25, -0.2) is 0 Å². The second-order valence-electron chi connectivity index (χ2n) is 7.62. The highest BCUT2D eigenvalue weighted by Crippen LogP contribution is 2.22. The van der Waals surface area contributed by atoms with Gasteiger partial charge in [-0.2, -0.15) is 0 Å². The number of nitro benzene ring substituents is 1. The minimum atomic E-state index is -0.464. The van der Waals surface area contributed by atoms with Crippen LogP contribution < -0.4 is 0 Å². The topological polar surface area (TPSA) is 115 Å². The number of benzene rings is 1. The summed E-state index contributed by atoms with van der Waals surface area (Å²) in [6.07, 6.45) is 3.10. The summed E-state index contributed by atoms with van der Waals surface area (Å²) in [7, 11) is 1.56. The van der Waals surface area contributed by atoms with Crippen molar-refractivity contribution in [2.24, 2.45) is 5.92 Å². The highest BCUT2D eigenvalue weighted by atomic mass is 16.6. The number of non-ortho nitro benzene ring substituents is 1. The van der Waals surface area contributed by atoms with E-state index in [1.807, 2.05) is 0 Å². The van der Waals surface area contributed by atoms with Crippen molar-refractivity contribution in [1.29, 1.82) is 0 Å². The molecule has 3 rings (SSSR count). The highest BCUT2D eigenvalue weighted by molar-refractivity contribution is 5.87. The number of ether oxygens (including phenoxy) is 1. The van der Waals surface area contributed by atoms with Gasteiger partial charge in [-0.15, -0.1) is 0 Å². The first-order chi connectivity index (χ1) is 14.8. The molecule has 1 aliphatic heterocycles. The van der Waals surface area contributed by atoms with E-state index in [0.29, 0.717) is 43.4 Å². The summed E-state index contributed by atoms with van der Waals surface area (Å²) in [6, 6.07) is 6.17. The molecule has 0 saturated carbocycles. The lowest BCUT2D eigenvalue weighted by Crippen LogP contribution is -2.47. The van der Waals surface area contributed by atoms with Crippen molar-refractivity contribution >= 4 is 34.4 Å². The SMILES string of the molecule is CCOC(=O)C1CCCN(C(=O)CN(C)C(=O)Cn2ccc3cc([N+](=O)[O-])ccc32)C1. The lowest BCUT2D eigenvalue weighted by Gasteiger charge is -2.32. The molecule has 10 nitrogen and oxygen atoms in total. The van der Waals surface area contributed by atoms with Crippen LogP contribution >= 0.6 is 0 Å². The molecule has 1 aromatic heterocycles. The van der Waals surface area contributed by atoms with Crippen molar-refractivity contribution < 1.29 is 24.0 Å². The maximum absolute atomic E-state index is 12.7. The molecule has 2 heterocycles. The van der Waals surface area contributed by atoms with Gasteiger partial charge in [-0.3, -0.25) is 24.5 Å². The van der Waals surface area contributed by atoms with Crippen molar-refractivity contribution in [2.45, 2.75) is 26.3 Å². The lowest BCUT2D eigenvalue weighted by atomic mass is 9.98. The molecule has 1 aliphatic rings. The van der Waals surface area contributed by atoms with Gasteiger partial charge < -0.3 is 19.1 Å². The van der Waals surface area contributed by atoms with Crippen LogP contribution in [0.3, 0.4) is 0 Å². The smallest absolute Gasteiger partial charge is 0.310 e. The van der Waals surface area contributed by atoms with E-state index in [4.69, 9.17) is 4.74 Å². The average molecular weight is 430 g/mol. The molecule has 1 fully saturated rings. The van der Waals surface area contributed by atoms with Crippen molar-refractivity contribution in [3.63, 3.8) is 0 Å². The first-order valence-corrected chi connectivity index (χ1v) is 10.2. The average Bonchev–Trinajstić information content (AvgIpc) is 3.15. The quantitative estimate of drug-likeness (QED) is 0.376. The number of piperidine rings is 1. The van der Waals surface area contributed by atoms with E-state index < -0.39 is 4.92 Å². The van der Waals surface area contributed by atoms with Gasteiger partial charge in [-0.1, -0.05) is 0 Å². The number of nitrogens with zero attached hydrogens (tertiary/aromatic N) is 4. The monoisotopic (exact) mass is 430 g/mol. The second-order valence-corrected chi connectivity index (χ2v) is 7.62. The minimum absolute atomic E-state index is 0.0105. The fraction of sp³-hybridized carbons (Fsp3) is 0.476. The van der Waals surface area contributed by atoms with Crippen LogP contribution in [0.2, 0.25) is 0 Å². The van der Waals surface area contributed by atoms with E-state index in [0.717, 1.165) is 0 Å². The van der Waals surface area contributed by atoms with Gasteiger partial charge in [0.05, 0.1) is 24.0 Å². The summed E-state index contributed by atoms with van der Waals surface area (Å²) >= 11 is 0. The summed E-state index contributed by atoms with van der Waals surface area (Å²) in [5.74, 6) is -1.08. The Bertz CT molecular complexity index is 1000. The Labute approximate surface area is 179 Å². The maximum Gasteiger partial charge on any atom is 0.310 e. The predicted octanol–water partition coefficient (Wildman–Crippen LogP) is 1.81. The van der Waals surface area contributed by atoms with E-state index in [9.17, 15) is 24.5 Å². The fourth-order valence-corrected chi connectivity index (χ4v) is 3.75. The Kier molecular flexibility index (Phi) is 6.88. The first kappa shape index (κ1) is 22.3. The first-order valence-electron chi connectivity index (χ1n) is 10.2. The van der Waals surface area contributed by atoms with E-state index in [2.05, 4.69) is 0 Å². The van der Waals surface area contributed by atoms with Gasteiger partial charge >= 0.3 is 5.97 Å². The molecule has 166 valence electrons. The predicted molar refractivity (Wildman–Crippen MR) is 112 cm³/mol. The zero-order valence-corrected chi connectivity index (χ0v) is 17.7. The van der Waals surface area contributed by atoms with Gasteiger partial charge in [0.2, 0.25) is 11.8 Å². The molecule has 0 spiro atoms. The molecule has 1 aromatic carbocycles. The summed E-state index contributed by atoms with van der Waals surface area (Å²) in [4.78, 5) is 50.7. The van der Waals surface area contributed by atoms with Crippen molar-refractivity contribution in [3.05, 3.63) is 40.6 Å². The number of fused-ring (bicyclic) bond motifs is 1. The number of likely N-dealkylation sites (tertiary alicyclic amines) is 1. The fourth-order valence-electron chi connectivity index (χ4n) is 3.75. The van der Waals surface area contributed by atoms with Crippen LogP contribution in [0.15, 0.2) is 30.5 Å². The third-order valence-corrected chi connectivity index (χ3v) is 5.46. The molecule has 0 aliphatic carbocycles. The number of hydrogen-bond acceptors (Lipinski definition) is 6. The molecule has 2 aromatic rings.